The van der Waals surface area contributed by atoms with Gasteiger partial charge in [-0.15, -0.1) is 0 Å². The maximum atomic E-state index is 8.55. The molecule has 0 saturated heterocycles. The summed E-state index contributed by atoms with van der Waals surface area (Å²) >= 11 is 0. The highest BCUT2D eigenvalue weighted by Crippen LogP contribution is 2.16. The van der Waals surface area contributed by atoms with E-state index in [9.17, 15) is 0 Å². The van der Waals surface area contributed by atoms with E-state index in [-0.39, 0.29) is 0 Å². The average Bonchev–Trinajstić information content (AvgIpc) is 3.20. The lowest BCUT2D eigenvalue weighted by atomic mass is 10.0. The molecular weight excluding hydrogens is 822 g/mol. The first-order chi connectivity index (χ1) is 30.7. The van der Waals surface area contributed by atoms with Crippen molar-refractivity contribution in [2.45, 2.75) is 290 Å². The number of quaternary nitrogens is 3. The first kappa shape index (κ1) is 71.5. The van der Waals surface area contributed by atoms with Gasteiger partial charge in [-0.05, 0) is 38.5 Å². The van der Waals surface area contributed by atoms with Crippen LogP contribution in [0.1, 0.15) is 290 Å². The minimum Gasteiger partial charge on any atom is -0.822 e. The summed E-state index contributed by atoms with van der Waals surface area (Å²) in [5, 5.41) is 0. The molecule has 398 valence electrons. The normalized spacial score (nSPS) is 12.0. The first-order valence-corrected chi connectivity index (χ1v) is 30.3. The van der Waals surface area contributed by atoms with Gasteiger partial charge in [-0.2, -0.15) is 7.82 Å². The van der Waals surface area contributed by atoms with Crippen molar-refractivity contribution >= 4 is 7.82 Å². The average molecular weight is 949 g/mol. The summed E-state index contributed by atoms with van der Waals surface area (Å²) in [6.45, 7) is 10.9. The largest absolute Gasteiger partial charge is 0.822 e. The molecule has 0 aliphatic carbocycles. The molecule has 0 aromatic carbocycles. The van der Waals surface area contributed by atoms with Crippen LogP contribution >= 0.6 is 7.82 Å². The fourth-order valence-electron chi connectivity index (χ4n) is 8.34. The number of hydrogen-bond donors (Lipinski definition) is 0. The Morgan fingerprint density at radius 2 is 0.323 bits per heavy atom. The Hall–Kier alpha value is -0.0100. The zero-order valence-corrected chi connectivity index (χ0v) is 48.1. The molecular formula is C57H126N3O4P. The summed E-state index contributed by atoms with van der Waals surface area (Å²) < 4.78 is 11.9. The lowest BCUT2D eigenvalue weighted by molar-refractivity contribution is -0.870. The van der Waals surface area contributed by atoms with E-state index >= 15 is 0 Å². The molecule has 0 spiro atoms. The van der Waals surface area contributed by atoms with Crippen molar-refractivity contribution in [3.63, 3.8) is 0 Å². The second kappa shape index (κ2) is 53.3. The smallest absolute Gasteiger partial charge is 0.0780 e. The van der Waals surface area contributed by atoms with Crippen LogP contribution in [0.15, 0.2) is 0 Å². The summed E-state index contributed by atoms with van der Waals surface area (Å²) in [6.07, 6.45) is 61.1. The minimum absolute atomic E-state index is 1.12. The lowest BCUT2D eigenvalue weighted by Crippen LogP contribution is -2.35. The molecule has 7 nitrogen and oxygen atoms in total. The zero-order chi connectivity index (χ0) is 49.8. The fraction of sp³-hybridized carbons (Fsp3) is 1.00. The third-order valence-electron chi connectivity index (χ3n) is 12.5. The van der Waals surface area contributed by atoms with E-state index in [0.717, 1.165) is 13.4 Å². The Labute approximate surface area is 412 Å². The standard InChI is InChI=1S/3C19H42N.H3O4P/c3*1-5-6-7-8-9-10-11-12-13-14-15-16-17-18-19-20(2,3)4;1-5(2,3)4/h3*5-19H2,1-4H3;(H3,1,2,3,4)/q3*+1;/p-3. The van der Waals surface area contributed by atoms with Crippen molar-refractivity contribution < 1.29 is 32.7 Å². The van der Waals surface area contributed by atoms with Gasteiger partial charge in [0.15, 0.2) is 0 Å². The number of phosphoric acid groups is 1. The van der Waals surface area contributed by atoms with Gasteiger partial charge in [-0.1, -0.05) is 252 Å². The monoisotopic (exact) mass is 948 g/mol. The molecule has 0 aliphatic heterocycles. The van der Waals surface area contributed by atoms with Gasteiger partial charge in [0.2, 0.25) is 0 Å². The first-order valence-electron chi connectivity index (χ1n) is 28.8. The number of rotatable bonds is 45. The van der Waals surface area contributed by atoms with Gasteiger partial charge in [0.25, 0.3) is 0 Å². The van der Waals surface area contributed by atoms with E-state index in [1.165, 1.54) is 289 Å². The minimum atomic E-state index is -5.39. The zero-order valence-electron chi connectivity index (χ0n) is 47.2. The van der Waals surface area contributed by atoms with Crippen molar-refractivity contribution in [3.8, 4) is 0 Å². The van der Waals surface area contributed by atoms with Crippen molar-refractivity contribution in [2.24, 2.45) is 0 Å². The third-order valence-corrected chi connectivity index (χ3v) is 12.5. The van der Waals surface area contributed by atoms with Crippen LogP contribution in [0, 0.1) is 0 Å². The summed E-state index contributed by atoms with van der Waals surface area (Å²) in [4.78, 5) is 25.6. The Kier molecular flexibility index (Phi) is 58.7. The predicted octanol–water partition coefficient (Wildman–Crippen LogP) is 15.7. The molecule has 0 N–H and O–H groups in total. The summed E-state index contributed by atoms with van der Waals surface area (Å²) in [6, 6.07) is 0. The molecule has 0 rings (SSSR count). The Morgan fingerprint density at radius 1 is 0.231 bits per heavy atom. The molecule has 0 radical (unpaired) electrons. The topological polar surface area (TPSA) is 86.2 Å². The molecule has 0 saturated carbocycles. The van der Waals surface area contributed by atoms with Gasteiger partial charge in [0.05, 0.1) is 83.1 Å². The van der Waals surface area contributed by atoms with Crippen molar-refractivity contribution in [1.82, 2.24) is 0 Å². The lowest BCUT2D eigenvalue weighted by Gasteiger charge is -2.36. The molecule has 0 heterocycles. The van der Waals surface area contributed by atoms with Crippen molar-refractivity contribution in [3.05, 3.63) is 0 Å². The molecule has 0 bridgehead atoms. The summed E-state index contributed by atoms with van der Waals surface area (Å²) in [5.41, 5.74) is 0. The van der Waals surface area contributed by atoms with E-state index in [1.54, 1.807) is 0 Å². The Morgan fingerprint density at radius 3 is 0.415 bits per heavy atom. The van der Waals surface area contributed by atoms with Crippen LogP contribution in [0.2, 0.25) is 0 Å². The highest BCUT2D eigenvalue weighted by molar-refractivity contribution is 7.40. The van der Waals surface area contributed by atoms with Gasteiger partial charge in [0, 0.05) is 0 Å². The van der Waals surface area contributed by atoms with E-state index in [4.69, 9.17) is 19.2 Å². The summed E-state index contributed by atoms with van der Waals surface area (Å²) in [7, 11) is 15.3. The highest BCUT2D eigenvalue weighted by Gasteiger charge is 2.07. The molecule has 8 heteroatoms. The quantitative estimate of drug-likeness (QED) is 0.0346. The van der Waals surface area contributed by atoms with E-state index in [0.29, 0.717) is 0 Å². The van der Waals surface area contributed by atoms with Crippen LogP contribution in [0.4, 0.5) is 0 Å². The van der Waals surface area contributed by atoms with Crippen LogP contribution in [0.25, 0.3) is 0 Å². The number of nitrogens with zero attached hydrogens (tertiary/aromatic N) is 3. The second-order valence-corrected chi connectivity index (χ2v) is 24.2. The number of unbranched alkanes of at least 4 members (excludes halogenated alkanes) is 39. The maximum absolute atomic E-state index is 8.55. The van der Waals surface area contributed by atoms with Crippen LogP contribution < -0.4 is 14.7 Å². The molecule has 0 fully saturated rings. The van der Waals surface area contributed by atoms with E-state index in [2.05, 4.69) is 84.2 Å². The van der Waals surface area contributed by atoms with Crippen LogP contribution in [0.5, 0.6) is 0 Å². The third kappa shape index (κ3) is 94.6. The van der Waals surface area contributed by atoms with Gasteiger partial charge in [0.1, 0.15) is 0 Å². The van der Waals surface area contributed by atoms with E-state index < -0.39 is 7.82 Å². The number of hydrogen-bond acceptors (Lipinski definition) is 4. The molecule has 0 aliphatic rings. The van der Waals surface area contributed by atoms with Gasteiger partial charge in [-0.25, -0.2) is 0 Å². The molecule has 0 atom stereocenters. The highest BCUT2D eigenvalue weighted by atomic mass is 31.2. The van der Waals surface area contributed by atoms with Gasteiger partial charge in [-0.3, -0.25) is 0 Å². The Balaban J connectivity index is -0.000000407. The summed E-state index contributed by atoms with van der Waals surface area (Å²) in [5.74, 6) is 0. The molecule has 0 aromatic rings. The van der Waals surface area contributed by atoms with Crippen LogP contribution in [-0.2, 0) is 4.57 Å². The van der Waals surface area contributed by atoms with Crippen LogP contribution in [0.3, 0.4) is 0 Å². The van der Waals surface area contributed by atoms with Crippen LogP contribution in [-0.4, -0.2) is 96.5 Å². The molecule has 0 aromatic heterocycles. The van der Waals surface area contributed by atoms with Gasteiger partial charge >= 0.3 is 0 Å². The maximum Gasteiger partial charge on any atom is 0.0780 e. The Bertz CT molecular complexity index is 801. The molecule has 0 unspecified atom stereocenters. The van der Waals surface area contributed by atoms with Gasteiger partial charge < -0.3 is 32.7 Å². The van der Waals surface area contributed by atoms with Crippen molar-refractivity contribution in [1.29, 1.82) is 0 Å². The predicted molar refractivity (Wildman–Crippen MR) is 287 cm³/mol. The fourth-order valence-corrected chi connectivity index (χ4v) is 8.34. The second-order valence-electron chi connectivity index (χ2n) is 23.3. The SMILES string of the molecule is CCCCCCCCCCCCCCCC[N+](C)(C)C.CCCCCCCCCCCCCCCC[N+](C)(C)C.CCCCCCCCCCCCCCCC[N+](C)(C)C.O=P([O-])([O-])[O-]. The molecule has 65 heavy (non-hydrogen) atoms. The van der Waals surface area contributed by atoms with Crippen molar-refractivity contribution in [2.75, 3.05) is 83.1 Å². The van der Waals surface area contributed by atoms with E-state index in [1.807, 2.05) is 0 Å². The molecule has 0 amide bonds.